The van der Waals surface area contributed by atoms with Gasteiger partial charge < -0.3 is 5.32 Å². The maximum atomic E-state index is 5.97. The monoisotopic (exact) mass is 259 g/mol. The highest BCUT2D eigenvalue weighted by molar-refractivity contribution is 6.30. The Bertz CT molecular complexity index is 533. The molecule has 3 rings (SSSR count). The number of hydrogen-bond acceptors (Lipinski definition) is 3. The number of rotatable bonds is 2. The van der Waals surface area contributed by atoms with Gasteiger partial charge in [0.05, 0.1) is 29.8 Å². The van der Waals surface area contributed by atoms with Crippen LogP contribution in [-0.4, -0.2) is 16.5 Å². The van der Waals surface area contributed by atoms with Crippen LogP contribution in [0.2, 0.25) is 5.02 Å². The Morgan fingerprint density at radius 3 is 2.83 bits per heavy atom. The Morgan fingerprint density at radius 2 is 2.17 bits per heavy atom. The molecule has 1 fully saturated rings. The van der Waals surface area contributed by atoms with Crippen LogP contribution >= 0.6 is 11.6 Å². The molecule has 0 saturated carbocycles. The zero-order valence-electron chi connectivity index (χ0n) is 9.94. The molecule has 2 heterocycles. The Labute approximate surface area is 111 Å². The summed E-state index contributed by atoms with van der Waals surface area (Å²) in [4.78, 5) is 8.97. The summed E-state index contributed by atoms with van der Waals surface area (Å²) in [5, 5.41) is 4.14. The lowest BCUT2D eigenvalue weighted by atomic mass is 10.1. The molecule has 1 aliphatic heterocycles. The second-order valence-corrected chi connectivity index (χ2v) is 4.92. The van der Waals surface area contributed by atoms with Crippen molar-refractivity contribution in [1.82, 2.24) is 15.3 Å². The summed E-state index contributed by atoms with van der Waals surface area (Å²) >= 11 is 5.97. The van der Waals surface area contributed by atoms with Crippen LogP contribution in [0.25, 0.3) is 11.3 Å². The zero-order chi connectivity index (χ0) is 12.4. The number of nitrogens with one attached hydrogen (secondary N) is 1. The molecule has 3 nitrogen and oxygen atoms in total. The fraction of sp³-hybridized carbons (Fsp3) is 0.286. The van der Waals surface area contributed by atoms with Crippen LogP contribution in [0.3, 0.4) is 0 Å². The average Bonchev–Trinajstić information content (AvgIpc) is 2.93. The molecule has 0 amide bonds. The lowest BCUT2D eigenvalue weighted by molar-refractivity contribution is 0.624. The quantitative estimate of drug-likeness (QED) is 0.900. The molecule has 1 saturated heterocycles. The molecular weight excluding hydrogens is 246 g/mol. The lowest BCUT2D eigenvalue weighted by Crippen LogP contribution is -2.14. The molecular formula is C14H14ClN3. The Morgan fingerprint density at radius 1 is 1.22 bits per heavy atom. The van der Waals surface area contributed by atoms with Crippen LogP contribution in [0, 0.1) is 0 Å². The summed E-state index contributed by atoms with van der Waals surface area (Å²) in [6.45, 7) is 1.07. The first kappa shape index (κ1) is 11.6. The van der Waals surface area contributed by atoms with E-state index >= 15 is 0 Å². The van der Waals surface area contributed by atoms with Gasteiger partial charge >= 0.3 is 0 Å². The standard InChI is InChI=1S/C14H14ClN3/c15-11-4-1-3-10(7-11)13-8-18-14(9-17-13)12-5-2-6-16-12/h1,3-4,7-9,12,16H,2,5-6H2. The molecule has 0 radical (unpaired) electrons. The van der Waals surface area contributed by atoms with E-state index in [0.29, 0.717) is 6.04 Å². The van der Waals surface area contributed by atoms with E-state index in [9.17, 15) is 0 Å². The summed E-state index contributed by atoms with van der Waals surface area (Å²) in [6, 6.07) is 8.04. The first-order valence-electron chi connectivity index (χ1n) is 6.14. The topological polar surface area (TPSA) is 37.8 Å². The fourth-order valence-corrected chi connectivity index (χ4v) is 2.44. The van der Waals surface area contributed by atoms with Gasteiger partial charge in [0.15, 0.2) is 0 Å². The third kappa shape index (κ3) is 2.37. The summed E-state index contributed by atoms with van der Waals surface area (Å²) in [7, 11) is 0. The van der Waals surface area contributed by atoms with Crippen molar-refractivity contribution in [2.45, 2.75) is 18.9 Å². The molecule has 2 aromatic rings. The lowest BCUT2D eigenvalue weighted by Gasteiger charge is -2.09. The molecule has 1 N–H and O–H groups in total. The molecule has 1 unspecified atom stereocenters. The van der Waals surface area contributed by atoms with Gasteiger partial charge in [0.2, 0.25) is 0 Å². The molecule has 18 heavy (non-hydrogen) atoms. The minimum absolute atomic E-state index is 0.367. The van der Waals surface area contributed by atoms with Gasteiger partial charge in [-0.3, -0.25) is 9.97 Å². The highest BCUT2D eigenvalue weighted by atomic mass is 35.5. The Balaban J connectivity index is 1.86. The van der Waals surface area contributed by atoms with Gasteiger partial charge in [-0.05, 0) is 31.5 Å². The molecule has 0 spiro atoms. The largest absolute Gasteiger partial charge is 0.309 e. The number of benzene rings is 1. The predicted molar refractivity (Wildman–Crippen MR) is 72.5 cm³/mol. The predicted octanol–water partition coefficient (Wildman–Crippen LogP) is 3.22. The fourth-order valence-electron chi connectivity index (χ4n) is 2.25. The van der Waals surface area contributed by atoms with Crippen LogP contribution in [0.1, 0.15) is 24.6 Å². The summed E-state index contributed by atoms with van der Waals surface area (Å²) in [6.07, 6.45) is 6.04. The molecule has 1 atom stereocenters. The molecule has 0 bridgehead atoms. The van der Waals surface area contributed by atoms with Gasteiger partial charge in [-0.2, -0.15) is 0 Å². The van der Waals surface area contributed by atoms with E-state index in [1.54, 1.807) is 0 Å². The number of hydrogen-bond donors (Lipinski definition) is 1. The molecule has 0 aliphatic carbocycles. The van der Waals surface area contributed by atoms with E-state index in [-0.39, 0.29) is 0 Å². The van der Waals surface area contributed by atoms with Gasteiger partial charge in [-0.15, -0.1) is 0 Å². The van der Waals surface area contributed by atoms with Crippen LogP contribution in [-0.2, 0) is 0 Å². The summed E-state index contributed by atoms with van der Waals surface area (Å²) < 4.78 is 0. The van der Waals surface area contributed by atoms with Crippen molar-refractivity contribution in [3.05, 3.63) is 47.4 Å². The summed E-state index contributed by atoms with van der Waals surface area (Å²) in [5.41, 5.74) is 2.89. The average molecular weight is 260 g/mol. The Hall–Kier alpha value is -1.45. The van der Waals surface area contributed by atoms with Gasteiger partial charge in [0, 0.05) is 10.6 Å². The van der Waals surface area contributed by atoms with Crippen LogP contribution in [0.15, 0.2) is 36.7 Å². The first-order valence-corrected chi connectivity index (χ1v) is 6.52. The second-order valence-electron chi connectivity index (χ2n) is 4.49. The molecule has 92 valence electrons. The van der Waals surface area contributed by atoms with E-state index < -0.39 is 0 Å². The zero-order valence-corrected chi connectivity index (χ0v) is 10.7. The number of halogens is 1. The highest BCUT2D eigenvalue weighted by Gasteiger charge is 2.17. The van der Waals surface area contributed by atoms with Crippen molar-refractivity contribution in [2.75, 3.05) is 6.54 Å². The smallest absolute Gasteiger partial charge is 0.0885 e. The SMILES string of the molecule is Clc1cccc(-c2cnc(C3CCCN3)cn2)c1. The van der Waals surface area contributed by atoms with Gasteiger partial charge in [-0.25, -0.2) is 0 Å². The molecule has 1 aliphatic rings. The molecule has 4 heteroatoms. The first-order chi connectivity index (χ1) is 8.83. The normalized spacial score (nSPS) is 19.1. The van der Waals surface area contributed by atoms with E-state index in [0.717, 1.165) is 34.9 Å². The highest BCUT2D eigenvalue weighted by Crippen LogP contribution is 2.23. The van der Waals surface area contributed by atoms with E-state index in [1.165, 1.54) is 6.42 Å². The number of aromatic nitrogens is 2. The third-order valence-electron chi connectivity index (χ3n) is 3.21. The van der Waals surface area contributed by atoms with Crippen LogP contribution in [0.4, 0.5) is 0 Å². The summed E-state index contributed by atoms with van der Waals surface area (Å²) in [5.74, 6) is 0. The number of nitrogens with zero attached hydrogens (tertiary/aromatic N) is 2. The van der Waals surface area contributed by atoms with Crippen LogP contribution < -0.4 is 5.32 Å². The van der Waals surface area contributed by atoms with Crippen molar-refractivity contribution in [2.24, 2.45) is 0 Å². The molecule has 1 aromatic heterocycles. The molecule has 1 aromatic carbocycles. The minimum atomic E-state index is 0.367. The van der Waals surface area contributed by atoms with E-state index in [4.69, 9.17) is 11.6 Å². The van der Waals surface area contributed by atoms with Crippen molar-refractivity contribution in [1.29, 1.82) is 0 Å². The minimum Gasteiger partial charge on any atom is -0.309 e. The van der Waals surface area contributed by atoms with Crippen molar-refractivity contribution >= 4 is 11.6 Å². The van der Waals surface area contributed by atoms with Gasteiger partial charge in [0.25, 0.3) is 0 Å². The maximum Gasteiger partial charge on any atom is 0.0885 e. The van der Waals surface area contributed by atoms with E-state index in [1.807, 2.05) is 36.7 Å². The van der Waals surface area contributed by atoms with Crippen molar-refractivity contribution in [3.63, 3.8) is 0 Å². The third-order valence-corrected chi connectivity index (χ3v) is 3.44. The van der Waals surface area contributed by atoms with Crippen molar-refractivity contribution < 1.29 is 0 Å². The van der Waals surface area contributed by atoms with E-state index in [2.05, 4.69) is 15.3 Å². The van der Waals surface area contributed by atoms with Gasteiger partial charge in [0.1, 0.15) is 0 Å². The van der Waals surface area contributed by atoms with Gasteiger partial charge in [-0.1, -0.05) is 23.7 Å². The maximum absolute atomic E-state index is 5.97. The van der Waals surface area contributed by atoms with Crippen molar-refractivity contribution in [3.8, 4) is 11.3 Å². The second kappa shape index (κ2) is 5.04. The Kier molecular flexibility index (Phi) is 3.26. The van der Waals surface area contributed by atoms with Crippen LogP contribution in [0.5, 0.6) is 0 Å².